The fourth-order valence-electron chi connectivity index (χ4n) is 2.52. The summed E-state index contributed by atoms with van der Waals surface area (Å²) in [5.41, 5.74) is 1.29. The molecule has 1 atom stereocenters. The maximum atomic E-state index is 4.61. The first-order chi connectivity index (χ1) is 9.83. The zero-order valence-electron chi connectivity index (χ0n) is 12.1. The number of amidine groups is 1. The van der Waals surface area contributed by atoms with Crippen LogP contribution in [-0.2, 0) is 0 Å². The van der Waals surface area contributed by atoms with E-state index in [4.69, 9.17) is 0 Å². The smallest absolute Gasteiger partial charge is 0.156 e. The molecule has 1 aromatic carbocycles. The van der Waals surface area contributed by atoms with E-state index >= 15 is 0 Å². The van der Waals surface area contributed by atoms with E-state index in [0.29, 0.717) is 0 Å². The summed E-state index contributed by atoms with van der Waals surface area (Å²) in [6.07, 6.45) is 3.98. The summed E-state index contributed by atoms with van der Waals surface area (Å²) >= 11 is 1.96. The summed E-state index contributed by atoms with van der Waals surface area (Å²) in [4.78, 5) is 6.91. The lowest BCUT2D eigenvalue weighted by Crippen LogP contribution is -2.26. The van der Waals surface area contributed by atoms with E-state index in [-0.39, 0.29) is 0 Å². The second-order valence-electron chi connectivity index (χ2n) is 5.68. The van der Waals surface area contributed by atoms with Gasteiger partial charge in [-0.1, -0.05) is 30.0 Å². The molecule has 1 aliphatic carbocycles. The van der Waals surface area contributed by atoms with Crippen molar-refractivity contribution in [3.8, 4) is 0 Å². The Morgan fingerprint density at radius 3 is 2.85 bits per heavy atom. The minimum atomic E-state index is 0.768. The van der Waals surface area contributed by atoms with Gasteiger partial charge in [0.2, 0.25) is 0 Å². The Hall–Kier alpha value is -1.16. The van der Waals surface area contributed by atoms with Gasteiger partial charge < -0.3 is 10.2 Å². The molecule has 108 valence electrons. The highest BCUT2D eigenvalue weighted by atomic mass is 32.2. The van der Waals surface area contributed by atoms with E-state index in [2.05, 4.69) is 52.6 Å². The SMILES string of the molecule is CN(CCCNC1=NCC(C2CC2)S1)c1ccccc1. The molecule has 1 unspecified atom stereocenters. The van der Waals surface area contributed by atoms with Gasteiger partial charge in [0.15, 0.2) is 5.17 Å². The van der Waals surface area contributed by atoms with Crippen LogP contribution < -0.4 is 10.2 Å². The molecule has 1 heterocycles. The lowest BCUT2D eigenvalue weighted by molar-refractivity contribution is 0.752. The second kappa shape index (κ2) is 6.53. The van der Waals surface area contributed by atoms with Gasteiger partial charge in [-0.15, -0.1) is 0 Å². The van der Waals surface area contributed by atoms with Crippen LogP contribution in [-0.4, -0.2) is 37.1 Å². The number of hydrogen-bond acceptors (Lipinski definition) is 4. The predicted molar refractivity (Wildman–Crippen MR) is 88.7 cm³/mol. The number of hydrogen-bond donors (Lipinski definition) is 1. The van der Waals surface area contributed by atoms with E-state index in [0.717, 1.165) is 37.2 Å². The summed E-state index contributed by atoms with van der Waals surface area (Å²) < 4.78 is 0. The Bertz CT molecular complexity index is 456. The summed E-state index contributed by atoms with van der Waals surface area (Å²) in [5, 5.41) is 5.43. The molecule has 1 N–H and O–H groups in total. The van der Waals surface area contributed by atoms with Crippen molar-refractivity contribution in [3.05, 3.63) is 30.3 Å². The van der Waals surface area contributed by atoms with E-state index < -0.39 is 0 Å². The Labute approximate surface area is 125 Å². The quantitative estimate of drug-likeness (QED) is 0.816. The third kappa shape index (κ3) is 3.69. The van der Waals surface area contributed by atoms with Crippen LogP contribution in [0, 0.1) is 5.92 Å². The number of rotatable bonds is 6. The van der Waals surface area contributed by atoms with Crippen molar-refractivity contribution in [3.63, 3.8) is 0 Å². The summed E-state index contributed by atoms with van der Waals surface area (Å²) in [6, 6.07) is 10.6. The van der Waals surface area contributed by atoms with Gasteiger partial charge in [0, 0.05) is 31.1 Å². The van der Waals surface area contributed by atoms with E-state index in [1.165, 1.54) is 23.7 Å². The summed E-state index contributed by atoms with van der Waals surface area (Å²) in [6.45, 7) is 3.11. The number of nitrogens with one attached hydrogen (secondary N) is 1. The third-order valence-corrected chi connectivity index (χ3v) is 5.30. The van der Waals surface area contributed by atoms with Gasteiger partial charge in [0.05, 0.1) is 6.54 Å². The van der Waals surface area contributed by atoms with Gasteiger partial charge in [-0.05, 0) is 37.3 Å². The Kier molecular flexibility index (Phi) is 4.51. The first-order valence-electron chi connectivity index (χ1n) is 7.54. The standard InChI is InChI=1S/C16H23N3S/c1-19(14-6-3-2-4-7-14)11-5-10-17-16-18-12-15(20-16)13-8-9-13/h2-4,6-7,13,15H,5,8-12H2,1H3,(H,17,18). The molecule has 0 amide bonds. The van der Waals surface area contributed by atoms with Crippen molar-refractivity contribution in [2.75, 3.05) is 31.6 Å². The molecule has 0 saturated heterocycles. The van der Waals surface area contributed by atoms with Crippen LogP contribution in [0.3, 0.4) is 0 Å². The molecule has 1 aliphatic heterocycles. The van der Waals surface area contributed by atoms with Crippen molar-refractivity contribution in [1.82, 2.24) is 5.32 Å². The first-order valence-corrected chi connectivity index (χ1v) is 8.42. The maximum Gasteiger partial charge on any atom is 0.156 e. The number of aliphatic imine (C=N–C) groups is 1. The molecule has 4 heteroatoms. The molecule has 1 aromatic rings. The highest BCUT2D eigenvalue weighted by Crippen LogP contribution is 2.41. The molecule has 0 radical (unpaired) electrons. The third-order valence-electron chi connectivity index (χ3n) is 3.97. The Morgan fingerprint density at radius 2 is 2.10 bits per heavy atom. The second-order valence-corrected chi connectivity index (χ2v) is 6.90. The van der Waals surface area contributed by atoms with Crippen LogP contribution in [0.2, 0.25) is 0 Å². The number of thioether (sulfide) groups is 1. The molecule has 0 aromatic heterocycles. The number of nitrogens with zero attached hydrogens (tertiary/aromatic N) is 2. The van der Waals surface area contributed by atoms with Crippen LogP contribution in [0.1, 0.15) is 19.3 Å². The first kappa shape index (κ1) is 13.8. The maximum absolute atomic E-state index is 4.61. The topological polar surface area (TPSA) is 27.6 Å². The van der Waals surface area contributed by atoms with Crippen LogP contribution in [0.5, 0.6) is 0 Å². The minimum Gasteiger partial charge on any atom is -0.375 e. The molecule has 1 saturated carbocycles. The molecular weight excluding hydrogens is 266 g/mol. The summed E-state index contributed by atoms with van der Waals surface area (Å²) in [5.74, 6) is 0.951. The number of benzene rings is 1. The minimum absolute atomic E-state index is 0.768. The zero-order chi connectivity index (χ0) is 13.8. The highest BCUT2D eigenvalue weighted by Gasteiger charge is 2.35. The molecule has 20 heavy (non-hydrogen) atoms. The average molecular weight is 289 g/mol. The van der Waals surface area contributed by atoms with Crippen molar-refractivity contribution in [2.45, 2.75) is 24.5 Å². The monoisotopic (exact) mass is 289 g/mol. The lowest BCUT2D eigenvalue weighted by atomic mass is 10.3. The molecule has 2 aliphatic rings. The van der Waals surface area contributed by atoms with Gasteiger partial charge >= 0.3 is 0 Å². The van der Waals surface area contributed by atoms with Gasteiger partial charge in [0.25, 0.3) is 0 Å². The van der Waals surface area contributed by atoms with Gasteiger partial charge in [0.1, 0.15) is 0 Å². The van der Waals surface area contributed by atoms with Crippen molar-refractivity contribution in [1.29, 1.82) is 0 Å². The fourth-order valence-corrected chi connectivity index (χ4v) is 3.76. The Morgan fingerprint density at radius 1 is 1.30 bits per heavy atom. The fraction of sp³-hybridized carbons (Fsp3) is 0.562. The largest absolute Gasteiger partial charge is 0.375 e. The van der Waals surface area contributed by atoms with Crippen LogP contribution >= 0.6 is 11.8 Å². The van der Waals surface area contributed by atoms with Crippen molar-refractivity contribution < 1.29 is 0 Å². The highest BCUT2D eigenvalue weighted by molar-refractivity contribution is 8.14. The van der Waals surface area contributed by atoms with Crippen molar-refractivity contribution >= 4 is 22.6 Å². The molecule has 0 bridgehead atoms. The molecular formula is C16H23N3S. The van der Waals surface area contributed by atoms with E-state index in [9.17, 15) is 0 Å². The molecule has 0 spiro atoms. The predicted octanol–water partition coefficient (Wildman–Crippen LogP) is 2.98. The van der Waals surface area contributed by atoms with Gasteiger partial charge in [-0.3, -0.25) is 4.99 Å². The zero-order valence-corrected chi connectivity index (χ0v) is 12.9. The summed E-state index contributed by atoms with van der Waals surface area (Å²) in [7, 11) is 2.15. The Balaban J connectivity index is 1.32. The molecule has 1 fully saturated rings. The van der Waals surface area contributed by atoms with E-state index in [1.807, 2.05) is 11.8 Å². The molecule has 3 nitrogen and oxygen atoms in total. The number of para-hydroxylation sites is 1. The van der Waals surface area contributed by atoms with Gasteiger partial charge in [-0.25, -0.2) is 0 Å². The van der Waals surface area contributed by atoms with Crippen molar-refractivity contribution in [2.24, 2.45) is 10.9 Å². The normalized spacial score (nSPS) is 21.6. The van der Waals surface area contributed by atoms with Gasteiger partial charge in [-0.2, -0.15) is 0 Å². The van der Waals surface area contributed by atoms with Crippen LogP contribution in [0.15, 0.2) is 35.3 Å². The van der Waals surface area contributed by atoms with Crippen LogP contribution in [0.25, 0.3) is 0 Å². The lowest BCUT2D eigenvalue weighted by Gasteiger charge is -2.19. The molecule has 3 rings (SSSR count). The average Bonchev–Trinajstić information content (AvgIpc) is 3.24. The van der Waals surface area contributed by atoms with E-state index in [1.54, 1.807) is 0 Å². The number of anilines is 1. The van der Waals surface area contributed by atoms with Crippen LogP contribution in [0.4, 0.5) is 5.69 Å².